The van der Waals surface area contributed by atoms with Crippen molar-refractivity contribution in [2.24, 2.45) is 0 Å². The van der Waals surface area contributed by atoms with E-state index in [0.29, 0.717) is 6.61 Å². The molecule has 0 bridgehead atoms. The Bertz CT molecular complexity index is 523. The fourth-order valence-electron chi connectivity index (χ4n) is 1.95. The van der Waals surface area contributed by atoms with Crippen LogP contribution in [-0.4, -0.2) is 25.7 Å². The van der Waals surface area contributed by atoms with Gasteiger partial charge in [-0.3, -0.25) is 0 Å². The summed E-state index contributed by atoms with van der Waals surface area (Å²) in [5.41, 5.74) is 1.97. The minimum absolute atomic E-state index is 0.0269. The van der Waals surface area contributed by atoms with E-state index in [4.69, 9.17) is 10.00 Å². The van der Waals surface area contributed by atoms with Crippen molar-refractivity contribution < 1.29 is 9.53 Å². The molecule has 1 rings (SSSR count). The van der Waals surface area contributed by atoms with Gasteiger partial charge in [0.15, 0.2) is 0 Å². The number of ether oxygens (including phenoxy) is 1. The molecule has 4 nitrogen and oxygen atoms in total. The van der Waals surface area contributed by atoms with Crippen LogP contribution >= 0.6 is 0 Å². The molecule has 1 aromatic carbocycles. The standard InChI is InChI=1S/C17H22N2O2/c1-4-11-21-17(20)15(13-18)12-14-7-9-16(10-8-14)19(5-2)6-3/h7-10,12H,4-6,11H2,1-3H3/b15-12-. The van der Waals surface area contributed by atoms with Gasteiger partial charge in [0.05, 0.1) is 6.61 Å². The highest BCUT2D eigenvalue weighted by molar-refractivity contribution is 5.97. The van der Waals surface area contributed by atoms with Crippen LogP contribution in [0.15, 0.2) is 29.8 Å². The van der Waals surface area contributed by atoms with Crippen molar-refractivity contribution in [2.45, 2.75) is 27.2 Å². The molecule has 0 unspecified atom stereocenters. The Morgan fingerprint density at radius 3 is 2.33 bits per heavy atom. The van der Waals surface area contributed by atoms with Crippen LogP contribution in [0.5, 0.6) is 0 Å². The number of hydrogen-bond donors (Lipinski definition) is 0. The van der Waals surface area contributed by atoms with Crippen LogP contribution in [0.25, 0.3) is 6.08 Å². The van der Waals surface area contributed by atoms with Gasteiger partial charge in [-0.1, -0.05) is 19.1 Å². The maximum Gasteiger partial charge on any atom is 0.348 e. The monoisotopic (exact) mass is 286 g/mol. The van der Waals surface area contributed by atoms with E-state index in [1.807, 2.05) is 37.3 Å². The molecule has 0 heterocycles. The molecule has 0 N–H and O–H groups in total. The number of esters is 1. The average molecular weight is 286 g/mol. The van der Waals surface area contributed by atoms with Crippen molar-refractivity contribution in [1.82, 2.24) is 0 Å². The molecule has 0 spiro atoms. The summed E-state index contributed by atoms with van der Waals surface area (Å²) in [5.74, 6) is -0.563. The average Bonchev–Trinajstić information content (AvgIpc) is 2.52. The highest BCUT2D eigenvalue weighted by Crippen LogP contribution is 2.17. The molecule has 0 amide bonds. The zero-order chi connectivity index (χ0) is 15.7. The first-order chi connectivity index (χ1) is 10.2. The molecule has 0 saturated carbocycles. The molecule has 0 radical (unpaired) electrons. The van der Waals surface area contributed by atoms with E-state index in [2.05, 4.69) is 18.7 Å². The molecule has 0 fully saturated rings. The van der Waals surface area contributed by atoms with Crippen molar-refractivity contribution in [3.63, 3.8) is 0 Å². The highest BCUT2D eigenvalue weighted by Gasteiger charge is 2.10. The molecule has 112 valence electrons. The summed E-state index contributed by atoms with van der Waals surface area (Å²) >= 11 is 0. The van der Waals surface area contributed by atoms with E-state index in [9.17, 15) is 4.79 Å². The Labute approximate surface area is 126 Å². The van der Waals surface area contributed by atoms with E-state index < -0.39 is 5.97 Å². The molecule has 0 aliphatic rings. The molecule has 21 heavy (non-hydrogen) atoms. The first-order valence-corrected chi connectivity index (χ1v) is 7.30. The number of nitriles is 1. The lowest BCUT2D eigenvalue weighted by molar-refractivity contribution is -0.138. The van der Waals surface area contributed by atoms with Crippen LogP contribution in [-0.2, 0) is 9.53 Å². The summed E-state index contributed by atoms with van der Waals surface area (Å²) in [4.78, 5) is 13.9. The quantitative estimate of drug-likeness (QED) is 0.438. The molecule has 0 atom stereocenters. The number of carbonyl (C=O) groups excluding carboxylic acids is 1. The van der Waals surface area contributed by atoms with Crippen LogP contribution < -0.4 is 4.90 Å². The largest absolute Gasteiger partial charge is 0.462 e. The highest BCUT2D eigenvalue weighted by atomic mass is 16.5. The third-order valence-electron chi connectivity index (χ3n) is 3.11. The zero-order valence-electron chi connectivity index (χ0n) is 12.9. The molecular formula is C17H22N2O2. The molecular weight excluding hydrogens is 264 g/mol. The first kappa shape index (κ1) is 16.8. The second-order valence-electron chi connectivity index (χ2n) is 4.57. The fourth-order valence-corrected chi connectivity index (χ4v) is 1.95. The topological polar surface area (TPSA) is 53.3 Å². The fraction of sp³-hybridized carbons (Fsp3) is 0.412. The molecule has 0 aromatic heterocycles. The van der Waals surface area contributed by atoms with Gasteiger partial charge in [-0.25, -0.2) is 4.79 Å². The number of hydrogen-bond acceptors (Lipinski definition) is 4. The van der Waals surface area contributed by atoms with E-state index in [0.717, 1.165) is 30.8 Å². The molecule has 1 aromatic rings. The van der Waals surface area contributed by atoms with Crippen LogP contribution in [0.3, 0.4) is 0 Å². The van der Waals surface area contributed by atoms with Crippen LogP contribution in [0.2, 0.25) is 0 Å². The van der Waals surface area contributed by atoms with Gasteiger partial charge in [-0.05, 0) is 44.0 Å². The minimum Gasteiger partial charge on any atom is -0.462 e. The summed E-state index contributed by atoms with van der Waals surface area (Å²) in [6.07, 6.45) is 2.30. The Morgan fingerprint density at radius 1 is 1.24 bits per heavy atom. The lowest BCUT2D eigenvalue weighted by Gasteiger charge is -2.20. The molecule has 0 aliphatic carbocycles. The van der Waals surface area contributed by atoms with Gasteiger partial charge in [0, 0.05) is 18.8 Å². The maximum absolute atomic E-state index is 11.7. The van der Waals surface area contributed by atoms with Crippen LogP contribution in [0, 0.1) is 11.3 Å². The third kappa shape index (κ3) is 4.96. The molecule has 0 saturated heterocycles. The predicted octanol–water partition coefficient (Wildman–Crippen LogP) is 3.39. The third-order valence-corrected chi connectivity index (χ3v) is 3.11. The SMILES string of the molecule is CCCOC(=O)/C(C#N)=C\c1ccc(N(CC)CC)cc1. The van der Waals surface area contributed by atoms with Gasteiger partial charge >= 0.3 is 5.97 Å². The Kier molecular flexibility index (Phi) is 7.03. The van der Waals surface area contributed by atoms with Crippen molar-refractivity contribution in [2.75, 3.05) is 24.6 Å². The van der Waals surface area contributed by atoms with E-state index in [1.165, 1.54) is 0 Å². The summed E-state index contributed by atoms with van der Waals surface area (Å²) in [6, 6.07) is 9.68. The first-order valence-electron chi connectivity index (χ1n) is 7.30. The summed E-state index contributed by atoms with van der Waals surface area (Å²) in [7, 11) is 0. The second kappa shape index (κ2) is 8.80. The van der Waals surface area contributed by atoms with E-state index in [-0.39, 0.29) is 5.57 Å². The van der Waals surface area contributed by atoms with E-state index >= 15 is 0 Å². The Hall–Kier alpha value is -2.28. The van der Waals surface area contributed by atoms with E-state index in [1.54, 1.807) is 6.08 Å². The lowest BCUT2D eigenvalue weighted by atomic mass is 10.1. The Morgan fingerprint density at radius 2 is 1.86 bits per heavy atom. The lowest BCUT2D eigenvalue weighted by Crippen LogP contribution is -2.21. The molecule has 4 heteroatoms. The van der Waals surface area contributed by atoms with Crippen LogP contribution in [0.1, 0.15) is 32.8 Å². The van der Waals surface area contributed by atoms with Gasteiger partial charge in [-0.15, -0.1) is 0 Å². The van der Waals surface area contributed by atoms with Crippen LogP contribution in [0.4, 0.5) is 5.69 Å². The summed E-state index contributed by atoms with van der Waals surface area (Å²) in [5, 5.41) is 9.05. The molecule has 0 aliphatic heterocycles. The smallest absolute Gasteiger partial charge is 0.348 e. The van der Waals surface area contributed by atoms with Gasteiger partial charge in [0.1, 0.15) is 11.6 Å². The van der Waals surface area contributed by atoms with Crippen molar-refractivity contribution in [3.05, 3.63) is 35.4 Å². The maximum atomic E-state index is 11.7. The summed E-state index contributed by atoms with van der Waals surface area (Å²) in [6.45, 7) is 8.34. The number of nitrogens with zero attached hydrogens (tertiary/aromatic N) is 2. The predicted molar refractivity (Wildman–Crippen MR) is 84.8 cm³/mol. The summed E-state index contributed by atoms with van der Waals surface area (Å²) < 4.78 is 4.98. The normalized spacial score (nSPS) is 10.9. The number of benzene rings is 1. The van der Waals surface area contributed by atoms with Gasteiger partial charge < -0.3 is 9.64 Å². The van der Waals surface area contributed by atoms with Gasteiger partial charge in [-0.2, -0.15) is 5.26 Å². The minimum atomic E-state index is -0.563. The van der Waals surface area contributed by atoms with Crippen molar-refractivity contribution in [3.8, 4) is 6.07 Å². The number of carbonyl (C=O) groups is 1. The zero-order valence-corrected chi connectivity index (χ0v) is 12.9. The van der Waals surface area contributed by atoms with Crippen molar-refractivity contribution in [1.29, 1.82) is 5.26 Å². The Balaban J connectivity index is 2.87. The number of anilines is 1. The van der Waals surface area contributed by atoms with Crippen molar-refractivity contribution >= 4 is 17.7 Å². The second-order valence-corrected chi connectivity index (χ2v) is 4.57. The van der Waals surface area contributed by atoms with Gasteiger partial charge in [0.25, 0.3) is 0 Å². The van der Waals surface area contributed by atoms with Gasteiger partial charge in [0.2, 0.25) is 0 Å². The number of rotatable bonds is 7.